The summed E-state index contributed by atoms with van der Waals surface area (Å²) in [7, 11) is 1.35. The third-order valence-electron chi connectivity index (χ3n) is 5.02. The van der Waals surface area contributed by atoms with Gasteiger partial charge in [-0.15, -0.1) is 11.8 Å². The van der Waals surface area contributed by atoms with E-state index in [4.69, 9.17) is 0 Å². The lowest BCUT2D eigenvalue weighted by Gasteiger charge is -2.39. The summed E-state index contributed by atoms with van der Waals surface area (Å²) in [5.41, 5.74) is 2.40. The fraction of sp³-hybridized carbons (Fsp3) is 0.407. The number of hydrogen-bond acceptors (Lipinski definition) is 3. The second-order valence-electron chi connectivity index (χ2n) is 8.10. The van der Waals surface area contributed by atoms with Gasteiger partial charge in [0.1, 0.15) is 0 Å². The molecule has 0 aromatic heterocycles. The Bertz CT molecular complexity index is 951. The van der Waals surface area contributed by atoms with Crippen molar-refractivity contribution >= 4 is 11.8 Å². The zero-order valence-corrected chi connectivity index (χ0v) is 19.4. The minimum atomic E-state index is -0.925. The molecule has 0 radical (unpaired) electrons. The number of carbonyl (C=O) groups excluding carboxylic acids is 2. The van der Waals surface area contributed by atoms with Crippen molar-refractivity contribution in [3.05, 3.63) is 58.7 Å². The summed E-state index contributed by atoms with van der Waals surface area (Å²) in [5.74, 6) is 11.6. The largest absolute Gasteiger partial charge is 0.466 e. The first kappa shape index (κ1) is 25.0. The average molecular weight is 405 g/mol. The molecule has 0 aromatic carbocycles. The van der Waals surface area contributed by atoms with E-state index >= 15 is 0 Å². The summed E-state index contributed by atoms with van der Waals surface area (Å²) in [5, 5.41) is 0. The predicted molar refractivity (Wildman–Crippen MR) is 123 cm³/mol. The van der Waals surface area contributed by atoms with Gasteiger partial charge in [0.05, 0.1) is 7.11 Å². The van der Waals surface area contributed by atoms with Crippen molar-refractivity contribution in [1.29, 1.82) is 0 Å². The van der Waals surface area contributed by atoms with Crippen LogP contribution in [0.25, 0.3) is 0 Å². The first-order chi connectivity index (χ1) is 14.0. The predicted octanol–water partition coefficient (Wildman–Crippen LogP) is 5.51. The van der Waals surface area contributed by atoms with Gasteiger partial charge in [-0.3, -0.25) is 4.79 Å². The molecule has 3 heteroatoms. The summed E-state index contributed by atoms with van der Waals surface area (Å²) in [6.07, 6.45) is 11.7. The number of ketones is 1. The van der Waals surface area contributed by atoms with Gasteiger partial charge in [0.25, 0.3) is 0 Å². The van der Waals surface area contributed by atoms with Crippen LogP contribution in [0.1, 0.15) is 54.9 Å². The number of rotatable bonds is 5. The molecular formula is C27H32O3. The normalized spacial score (nSPS) is 18.7. The van der Waals surface area contributed by atoms with Crippen LogP contribution in [0.4, 0.5) is 0 Å². The molecule has 1 aliphatic carbocycles. The minimum Gasteiger partial charge on any atom is -0.466 e. The average Bonchev–Trinajstić information content (AvgIpc) is 2.66. The molecule has 0 saturated heterocycles. The van der Waals surface area contributed by atoms with Crippen LogP contribution in [0, 0.1) is 34.5 Å². The minimum absolute atomic E-state index is 0.00437. The zero-order valence-electron chi connectivity index (χ0n) is 19.4. The Hall–Kier alpha value is -3.04. The van der Waals surface area contributed by atoms with Crippen LogP contribution in [0.15, 0.2) is 58.7 Å². The summed E-state index contributed by atoms with van der Waals surface area (Å²) in [4.78, 5) is 24.4. The number of methoxy groups -OCH3 is 1. The maximum atomic E-state index is 13.2. The topological polar surface area (TPSA) is 43.4 Å². The van der Waals surface area contributed by atoms with Gasteiger partial charge < -0.3 is 4.74 Å². The van der Waals surface area contributed by atoms with Gasteiger partial charge in [0.15, 0.2) is 11.2 Å². The standard InChI is InChI=1S/C27H32O3/c1-9-16-27(17-10-2)19-26(6,7)23(22(5)25(27)29)15-14-20(3)12-11-13-21(4)18-24(28)30-8/h11-15,18H,19H2,1-8H3. The highest BCUT2D eigenvalue weighted by atomic mass is 16.5. The van der Waals surface area contributed by atoms with Crippen LogP contribution in [0.2, 0.25) is 0 Å². The molecule has 0 N–H and O–H groups in total. The number of esters is 1. The van der Waals surface area contributed by atoms with E-state index in [0.29, 0.717) is 12.0 Å². The van der Waals surface area contributed by atoms with E-state index in [0.717, 1.165) is 16.7 Å². The highest BCUT2D eigenvalue weighted by Crippen LogP contribution is 2.47. The van der Waals surface area contributed by atoms with Crippen molar-refractivity contribution in [1.82, 2.24) is 0 Å². The lowest BCUT2D eigenvalue weighted by atomic mass is 9.61. The number of ether oxygens (including phenoxy) is 1. The molecule has 0 atom stereocenters. The second kappa shape index (κ2) is 10.7. The van der Waals surface area contributed by atoms with Crippen LogP contribution in [-0.4, -0.2) is 18.9 Å². The third-order valence-corrected chi connectivity index (χ3v) is 5.02. The Kier molecular flexibility index (Phi) is 8.88. The van der Waals surface area contributed by atoms with Crippen molar-refractivity contribution in [2.24, 2.45) is 10.8 Å². The third kappa shape index (κ3) is 6.23. The van der Waals surface area contributed by atoms with E-state index in [1.165, 1.54) is 13.2 Å². The van der Waals surface area contributed by atoms with Crippen LogP contribution in [0.5, 0.6) is 0 Å². The molecule has 1 aliphatic rings. The van der Waals surface area contributed by atoms with Crippen LogP contribution in [-0.2, 0) is 14.3 Å². The Balaban J connectivity index is 3.20. The summed E-state index contributed by atoms with van der Waals surface area (Å²) >= 11 is 0. The summed E-state index contributed by atoms with van der Waals surface area (Å²) in [6.45, 7) is 13.4. The van der Waals surface area contributed by atoms with E-state index in [1.54, 1.807) is 13.8 Å². The maximum Gasteiger partial charge on any atom is 0.330 e. The van der Waals surface area contributed by atoms with Crippen molar-refractivity contribution in [2.45, 2.75) is 54.9 Å². The van der Waals surface area contributed by atoms with E-state index in [-0.39, 0.29) is 17.2 Å². The Morgan fingerprint density at radius 1 is 1.07 bits per heavy atom. The fourth-order valence-electron chi connectivity index (χ4n) is 3.71. The van der Waals surface area contributed by atoms with Gasteiger partial charge in [-0.25, -0.2) is 4.79 Å². The molecule has 0 aliphatic heterocycles. The maximum absolute atomic E-state index is 13.2. The molecule has 0 fully saturated rings. The van der Waals surface area contributed by atoms with Crippen molar-refractivity contribution in [2.75, 3.05) is 7.11 Å². The Labute approximate surface area is 181 Å². The molecule has 1 rings (SSSR count). The zero-order chi connectivity index (χ0) is 22.9. The van der Waals surface area contributed by atoms with E-state index in [9.17, 15) is 9.59 Å². The molecule has 0 heterocycles. The van der Waals surface area contributed by atoms with Gasteiger partial charge >= 0.3 is 5.97 Å². The second-order valence-corrected chi connectivity index (χ2v) is 8.10. The van der Waals surface area contributed by atoms with Gasteiger partial charge in [-0.1, -0.05) is 61.6 Å². The smallest absolute Gasteiger partial charge is 0.330 e. The van der Waals surface area contributed by atoms with Crippen LogP contribution >= 0.6 is 0 Å². The summed E-state index contributed by atoms with van der Waals surface area (Å²) < 4.78 is 4.61. The van der Waals surface area contributed by atoms with Gasteiger partial charge in [-0.05, 0) is 63.2 Å². The highest BCUT2D eigenvalue weighted by Gasteiger charge is 2.47. The molecule has 30 heavy (non-hydrogen) atoms. The first-order valence-electron chi connectivity index (χ1n) is 9.96. The highest BCUT2D eigenvalue weighted by molar-refractivity contribution is 6.06. The number of Topliss-reactive ketones (excluding diaryl/α,β-unsaturated/α-hetero) is 1. The Morgan fingerprint density at radius 3 is 2.20 bits per heavy atom. The number of hydrogen-bond donors (Lipinski definition) is 0. The van der Waals surface area contributed by atoms with Crippen molar-refractivity contribution in [3.8, 4) is 23.7 Å². The molecule has 0 saturated carbocycles. The van der Waals surface area contributed by atoms with Gasteiger partial charge in [0.2, 0.25) is 0 Å². The molecule has 0 spiro atoms. The van der Waals surface area contributed by atoms with E-state index in [2.05, 4.69) is 42.3 Å². The number of carbonyl (C=O) groups is 2. The molecule has 0 amide bonds. The Morgan fingerprint density at radius 2 is 1.67 bits per heavy atom. The number of allylic oxidation sites excluding steroid dienone is 9. The van der Waals surface area contributed by atoms with Crippen LogP contribution in [0.3, 0.4) is 0 Å². The van der Waals surface area contributed by atoms with Crippen molar-refractivity contribution < 1.29 is 14.3 Å². The lowest BCUT2D eigenvalue weighted by Crippen LogP contribution is -2.40. The first-order valence-corrected chi connectivity index (χ1v) is 9.96. The molecule has 3 nitrogen and oxygen atoms in total. The molecule has 0 unspecified atom stereocenters. The lowest BCUT2D eigenvalue weighted by molar-refractivity contribution is -0.134. The quantitative estimate of drug-likeness (QED) is 0.262. The molecular weight excluding hydrogens is 372 g/mol. The van der Waals surface area contributed by atoms with Gasteiger partial charge in [-0.2, -0.15) is 0 Å². The molecule has 0 bridgehead atoms. The molecule has 0 aromatic rings. The fourth-order valence-corrected chi connectivity index (χ4v) is 3.71. The van der Waals surface area contributed by atoms with E-state index < -0.39 is 5.41 Å². The van der Waals surface area contributed by atoms with E-state index in [1.807, 2.05) is 51.2 Å². The molecule has 158 valence electrons. The summed E-state index contributed by atoms with van der Waals surface area (Å²) in [6, 6.07) is 0. The van der Waals surface area contributed by atoms with Gasteiger partial charge in [0, 0.05) is 6.08 Å². The SMILES string of the molecule is CC#CC1(C#CC)CC(C)(C)C(C=CC(C)=CC=CC(C)=CC(=O)OC)=C(C)C1=O. The van der Waals surface area contributed by atoms with Crippen LogP contribution < -0.4 is 0 Å². The van der Waals surface area contributed by atoms with Crippen molar-refractivity contribution in [3.63, 3.8) is 0 Å². The monoisotopic (exact) mass is 404 g/mol.